The Morgan fingerprint density at radius 1 is 1.23 bits per heavy atom. The van der Waals surface area contributed by atoms with E-state index >= 15 is 0 Å². The van der Waals surface area contributed by atoms with E-state index in [1.807, 2.05) is 30.0 Å². The number of hydrogen-bond acceptors (Lipinski definition) is 3. The fourth-order valence-corrected chi connectivity index (χ4v) is 3.35. The van der Waals surface area contributed by atoms with Gasteiger partial charge in [-0.2, -0.15) is 0 Å². The summed E-state index contributed by atoms with van der Waals surface area (Å²) in [7, 11) is 0. The van der Waals surface area contributed by atoms with Crippen LogP contribution < -0.4 is 0 Å². The molecule has 2 aliphatic rings. The largest absolute Gasteiger partial charge is 0.392 e. The lowest BCUT2D eigenvalue weighted by Crippen LogP contribution is -2.50. The molecule has 1 aromatic carbocycles. The predicted molar refractivity (Wildman–Crippen MR) is 86.6 cm³/mol. The van der Waals surface area contributed by atoms with Gasteiger partial charge in [-0.1, -0.05) is 37.3 Å². The van der Waals surface area contributed by atoms with Gasteiger partial charge in [-0.3, -0.25) is 9.69 Å². The zero-order valence-electron chi connectivity index (χ0n) is 13.3. The number of amides is 1. The van der Waals surface area contributed by atoms with Gasteiger partial charge in [0.2, 0.25) is 5.91 Å². The van der Waals surface area contributed by atoms with Gasteiger partial charge in [0.25, 0.3) is 0 Å². The van der Waals surface area contributed by atoms with Gasteiger partial charge < -0.3 is 10.0 Å². The molecule has 0 aromatic heterocycles. The van der Waals surface area contributed by atoms with Gasteiger partial charge in [0.15, 0.2) is 0 Å². The number of piperazine rings is 1. The molecular weight excluding hydrogens is 276 g/mol. The Labute approximate surface area is 132 Å². The van der Waals surface area contributed by atoms with Crippen LogP contribution in [0.2, 0.25) is 0 Å². The van der Waals surface area contributed by atoms with Gasteiger partial charge in [0.05, 0.1) is 6.10 Å². The van der Waals surface area contributed by atoms with Gasteiger partial charge in [-0.05, 0) is 24.3 Å². The zero-order chi connectivity index (χ0) is 15.5. The fraction of sp³-hybridized carbons (Fsp3) is 0.611. The molecule has 1 aliphatic carbocycles. The molecule has 0 spiro atoms. The Morgan fingerprint density at radius 2 is 1.91 bits per heavy atom. The number of carbonyl (C=O) groups excluding carboxylic acids is 1. The van der Waals surface area contributed by atoms with Crippen LogP contribution in [0.4, 0.5) is 0 Å². The van der Waals surface area contributed by atoms with Crippen LogP contribution in [0.5, 0.6) is 0 Å². The Hall–Kier alpha value is -1.39. The summed E-state index contributed by atoms with van der Waals surface area (Å²) in [5.74, 6) is 0.938. The molecule has 3 rings (SSSR count). The van der Waals surface area contributed by atoms with Crippen LogP contribution >= 0.6 is 0 Å². The Bertz CT molecular complexity index is 497. The molecule has 1 heterocycles. The molecule has 4 nitrogen and oxygen atoms in total. The number of β-amino-alcohol motifs (C(OH)–C–C–N with tert-alkyl or cyclic N) is 1. The van der Waals surface area contributed by atoms with Crippen LogP contribution in [0.3, 0.4) is 0 Å². The van der Waals surface area contributed by atoms with E-state index in [0.717, 1.165) is 45.6 Å². The van der Waals surface area contributed by atoms with E-state index < -0.39 is 0 Å². The van der Waals surface area contributed by atoms with E-state index in [4.69, 9.17) is 0 Å². The zero-order valence-corrected chi connectivity index (χ0v) is 13.3. The van der Waals surface area contributed by atoms with Crippen molar-refractivity contribution in [2.75, 3.05) is 32.7 Å². The minimum atomic E-state index is -0.242. The van der Waals surface area contributed by atoms with E-state index in [1.54, 1.807) is 0 Å². The molecule has 4 heteroatoms. The first-order valence-electron chi connectivity index (χ1n) is 8.43. The van der Waals surface area contributed by atoms with Crippen molar-refractivity contribution in [2.45, 2.75) is 31.8 Å². The van der Waals surface area contributed by atoms with Crippen LogP contribution in [0.25, 0.3) is 0 Å². The predicted octanol–water partition coefficient (Wildman–Crippen LogP) is 1.71. The van der Waals surface area contributed by atoms with E-state index in [0.29, 0.717) is 11.8 Å². The van der Waals surface area contributed by atoms with Crippen molar-refractivity contribution in [1.29, 1.82) is 0 Å². The summed E-state index contributed by atoms with van der Waals surface area (Å²) in [5.41, 5.74) is 1.30. The second-order valence-electron chi connectivity index (χ2n) is 6.55. The topological polar surface area (TPSA) is 43.8 Å². The van der Waals surface area contributed by atoms with E-state index in [2.05, 4.69) is 17.0 Å². The molecule has 1 N–H and O–H groups in total. The van der Waals surface area contributed by atoms with Gasteiger partial charge >= 0.3 is 0 Å². The molecule has 1 aromatic rings. The van der Waals surface area contributed by atoms with Crippen LogP contribution in [-0.2, 0) is 4.79 Å². The van der Waals surface area contributed by atoms with Gasteiger partial charge in [0.1, 0.15) is 0 Å². The summed E-state index contributed by atoms with van der Waals surface area (Å²) >= 11 is 0. The van der Waals surface area contributed by atoms with Crippen LogP contribution in [0.1, 0.15) is 31.2 Å². The van der Waals surface area contributed by atoms with Crippen molar-refractivity contribution < 1.29 is 9.90 Å². The standard InChI is InChI=1S/C18H26N2O2/c1-2-15(21)13-19-8-10-20(11-9-19)18(22)17-12-16(17)14-6-4-3-5-7-14/h3-7,15-17,21H,2,8-13H2,1H3. The van der Waals surface area contributed by atoms with Crippen LogP contribution in [-0.4, -0.2) is 59.6 Å². The Morgan fingerprint density at radius 3 is 2.55 bits per heavy atom. The quantitative estimate of drug-likeness (QED) is 0.900. The normalized spacial score (nSPS) is 26.7. The summed E-state index contributed by atoms with van der Waals surface area (Å²) in [6.07, 6.45) is 1.55. The highest BCUT2D eigenvalue weighted by atomic mass is 16.3. The lowest BCUT2D eigenvalue weighted by molar-refractivity contribution is -0.134. The number of rotatable bonds is 5. The average molecular weight is 302 g/mol. The second-order valence-corrected chi connectivity index (χ2v) is 6.55. The van der Waals surface area contributed by atoms with Gasteiger partial charge in [-0.15, -0.1) is 0 Å². The molecule has 2 fully saturated rings. The second kappa shape index (κ2) is 6.80. The Kier molecular flexibility index (Phi) is 4.79. The molecule has 0 radical (unpaired) electrons. The first-order chi connectivity index (χ1) is 10.7. The molecule has 120 valence electrons. The van der Waals surface area contributed by atoms with Gasteiger partial charge in [-0.25, -0.2) is 0 Å². The van der Waals surface area contributed by atoms with E-state index in [9.17, 15) is 9.90 Å². The fourth-order valence-electron chi connectivity index (χ4n) is 3.35. The summed E-state index contributed by atoms with van der Waals surface area (Å²) in [6, 6.07) is 10.4. The maximum atomic E-state index is 12.6. The average Bonchev–Trinajstić information content (AvgIpc) is 3.36. The molecule has 1 saturated heterocycles. The highest BCUT2D eigenvalue weighted by Gasteiger charge is 2.45. The molecule has 1 aliphatic heterocycles. The summed E-state index contributed by atoms with van der Waals surface area (Å²) < 4.78 is 0. The monoisotopic (exact) mass is 302 g/mol. The maximum absolute atomic E-state index is 12.6. The van der Waals surface area contributed by atoms with Crippen LogP contribution in [0, 0.1) is 5.92 Å². The minimum Gasteiger partial charge on any atom is -0.392 e. The third-order valence-electron chi connectivity index (χ3n) is 4.96. The van der Waals surface area contributed by atoms with Gasteiger partial charge in [0, 0.05) is 38.6 Å². The molecule has 1 amide bonds. The van der Waals surface area contributed by atoms with Crippen molar-refractivity contribution in [3.05, 3.63) is 35.9 Å². The van der Waals surface area contributed by atoms with E-state index in [-0.39, 0.29) is 12.0 Å². The SMILES string of the molecule is CCC(O)CN1CCN(C(=O)C2CC2c2ccccc2)CC1. The molecule has 3 unspecified atom stereocenters. The van der Waals surface area contributed by atoms with Crippen molar-refractivity contribution >= 4 is 5.91 Å². The minimum absolute atomic E-state index is 0.190. The number of aliphatic hydroxyl groups excluding tert-OH is 1. The molecule has 0 bridgehead atoms. The number of nitrogens with zero attached hydrogens (tertiary/aromatic N) is 2. The highest BCUT2D eigenvalue weighted by Crippen LogP contribution is 2.48. The lowest BCUT2D eigenvalue weighted by atomic mass is 10.1. The summed E-state index contributed by atoms with van der Waals surface area (Å²) in [6.45, 7) is 6.09. The number of hydrogen-bond donors (Lipinski definition) is 1. The van der Waals surface area contributed by atoms with Crippen molar-refractivity contribution in [3.8, 4) is 0 Å². The molecule has 1 saturated carbocycles. The smallest absolute Gasteiger partial charge is 0.226 e. The molecule has 22 heavy (non-hydrogen) atoms. The number of benzene rings is 1. The lowest BCUT2D eigenvalue weighted by Gasteiger charge is -2.35. The first-order valence-corrected chi connectivity index (χ1v) is 8.43. The number of aliphatic hydroxyl groups is 1. The maximum Gasteiger partial charge on any atom is 0.226 e. The third kappa shape index (κ3) is 3.50. The third-order valence-corrected chi connectivity index (χ3v) is 4.96. The van der Waals surface area contributed by atoms with Crippen LogP contribution in [0.15, 0.2) is 30.3 Å². The van der Waals surface area contributed by atoms with Crippen molar-refractivity contribution in [2.24, 2.45) is 5.92 Å². The van der Waals surface area contributed by atoms with Crippen molar-refractivity contribution in [1.82, 2.24) is 9.80 Å². The molecular formula is C18H26N2O2. The molecule has 3 atom stereocenters. The first kappa shape index (κ1) is 15.5. The van der Waals surface area contributed by atoms with E-state index in [1.165, 1.54) is 5.56 Å². The number of carbonyl (C=O) groups is 1. The summed E-state index contributed by atoms with van der Waals surface area (Å²) in [5, 5.41) is 9.72. The van der Waals surface area contributed by atoms with Crippen molar-refractivity contribution in [3.63, 3.8) is 0 Å². The highest BCUT2D eigenvalue weighted by molar-refractivity contribution is 5.83. The Balaban J connectivity index is 1.47. The summed E-state index contributed by atoms with van der Waals surface area (Å²) in [4.78, 5) is 16.9.